The van der Waals surface area contributed by atoms with E-state index in [0.717, 1.165) is 5.69 Å². The number of carbonyl (C=O) groups is 1. The summed E-state index contributed by atoms with van der Waals surface area (Å²) in [4.78, 5) is 14.0. The van der Waals surface area contributed by atoms with Crippen LogP contribution in [0.25, 0.3) is 0 Å². The lowest BCUT2D eigenvalue weighted by Gasteiger charge is -2.05. The molecule has 20 heavy (non-hydrogen) atoms. The van der Waals surface area contributed by atoms with Crippen LogP contribution in [0.5, 0.6) is 0 Å². The topological polar surface area (TPSA) is 84.8 Å². The van der Waals surface area contributed by atoms with Crippen LogP contribution in [-0.2, 0) is 6.54 Å². The van der Waals surface area contributed by atoms with Crippen molar-refractivity contribution in [1.82, 2.24) is 15.1 Å². The van der Waals surface area contributed by atoms with Crippen molar-refractivity contribution in [3.63, 3.8) is 0 Å². The second kappa shape index (κ2) is 5.99. The quantitative estimate of drug-likeness (QED) is 0.882. The number of rotatable bonds is 4. The van der Waals surface area contributed by atoms with E-state index in [9.17, 15) is 4.79 Å². The smallest absolute Gasteiger partial charge is 0.256 e. The van der Waals surface area contributed by atoms with Gasteiger partial charge in [-0.15, -0.1) is 0 Å². The van der Waals surface area contributed by atoms with Crippen LogP contribution in [0.2, 0.25) is 0 Å². The fraction of sp³-hybridized carbons (Fsp3) is 0.214. The first-order valence-corrected chi connectivity index (χ1v) is 6.09. The van der Waals surface area contributed by atoms with Gasteiger partial charge in [0.1, 0.15) is 0 Å². The van der Waals surface area contributed by atoms with E-state index in [4.69, 9.17) is 5.26 Å². The van der Waals surface area contributed by atoms with Crippen molar-refractivity contribution in [3.05, 3.63) is 47.2 Å². The minimum atomic E-state index is -0.287. The molecule has 2 N–H and O–H groups in total. The number of amides is 1. The number of H-pyrrole nitrogens is 1. The van der Waals surface area contributed by atoms with E-state index in [1.165, 1.54) is 0 Å². The normalized spacial score (nSPS) is 10.3. The van der Waals surface area contributed by atoms with Gasteiger partial charge >= 0.3 is 0 Å². The second-order valence-corrected chi connectivity index (χ2v) is 4.66. The Kier molecular flexibility index (Phi) is 4.13. The van der Waals surface area contributed by atoms with Crippen molar-refractivity contribution in [2.45, 2.75) is 6.54 Å². The third-order valence-corrected chi connectivity index (χ3v) is 2.61. The first kappa shape index (κ1) is 13.8. The molecule has 0 bridgehead atoms. The molecule has 6 nitrogen and oxygen atoms in total. The number of hydrogen-bond acceptors (Lipinski definition) is 4. The number of aromatic amines is 1. The summed E-state index contributed by atoms with van der Waals surface area (Å²) in [6.45, 7) is 0.715. The van der Waals surface area contributed by atoms with Gasteiger partial charge in [-0.1, -0.05) is 6.07 Å². The number of benzene rings is 1. The Bertz CT molecular complexity index is 654. The maximum atomic E-state index is 12.0. The summed E-state index contributed by atoms with van der Waals surface area (Å²) in [6, 6.07) is 10.3. The summed E-state index contributed by atoms with van der Waals surface area (Å²) in [5, 5.41) is 18.4. The molecule has 102 valence electrons. The molecule has 1 heterocycles. The molecule has 0 atom stereocenters. The van der Waals surface area contributed by atoms with Gasteiger partial charge in [-0.2, -0.15) is 10.4 Å². The van der Waals surface area contributed by atoms with E-state index in [-0.39, 0.29) is 5.91 Å². The van der Waals surface area contributed by atoms with Crippen molar-refractivity contribution in [3.8, 4) is 6.07 Å². The highest BCUT2D eigenvalue weighted by Gasteiger charge is 2.09. The van der Waals surface area contributed by atoms with E-state index in [1.54, 1.807) is 30.3 Å². The Morgan fingerprint density at radius 2 is 2.25 bits per heavy atom. The lowest BCUT2D eigenvalue weighted by atomic mass is 10.1. The van der Waals surface area contributed by atoms with Crippen molar-refractivity contribution >= 4 is 11.7 Å². The molecule has 0 unspecified atom stereocenters. The average molecular weight is 269 g/mol. The van der Waals surface area contributed by atoms with E-state index in [2.05, 4.69) is 15.5 Å². The summed E-state index contributed by atoms with van der Waals surface area (Å²) in [5.74, 6) is 0.180. The molecule has 1 amide bonds. The van der Waals surface area contributed by atoms with E-state index in [1.807, 2.05) is 25.1 Å². The Morgan fingerprint density at radius 3 is 2.95 bits per heavy atom. The first-order chi connectivity index (χ1) is 9.58. The second-order valence-electron chi connectivity index (χ2n) is 4.66. The summed E-state index contributed by atoms with van der Waals surface area (Å²) in [6.07, 6.45) is 0. The lowest BCUT2D eigenvalue weighted by Crippen LogP contribution is -2.12. The molecule has 1 aromatic heterocycles. The van der Waals surface area contributed by atoms with Crippen molar-refractivity contribution in [2.75, 3.05) is 19.4 Å². The molecule has 0 saturated heterocycles. The Hall–Kier alpha value is -2.65. The molecular weight excluding hydrogens is 254 g/mol. The van der Waals surface area contributed by atoms with Gasteiger partial charge in [0.15, 0.2) is 5.82 Å². The minimum Gasteiger partial charge on any atom is -0.305 e. The highest BCUT2D eigenvalue weighted by molar-refractivity contribution is 6.03. The van der Waals surface area contributed by atoms with Crippen LogP contribution < -0.4 is 5.32 Å². The van der Waals surface area contributed by atoms with E-state index >= 15 is 0 Å². The van der Waals surface area contributed by atoms with Crippen LogP contribution in [0.4, 0.5) is 5.82 Å². The van der Waals surface area contributed by atoms with Crippen molar-refractivity contribution in [1.29, 1.82) is 5.26 Å². The van der Waals surface area contributed by atoms with E-state index in [0.29, 0.717) is 23.5 Å². The fourth-order valence-electron chi connectivity index (χ4n) is 1.77. The van der Waals surface area contributed by atoms with Crippen LogP contribution >= 0.6 is 0 Å². The largest absolute Gasteiger partial charge is 0.305 e. The molecular formula is C14H15N5O. The van der Waals surface area contributed by atoms with Gasteiger partial charge in [-0.25, -0.2) is 0 Å². The number of anilines is 1. The van der Waals surface area contributed by atoms with Crippen LogP contribution in [0.15, 0.2) is 30.3 Å². The molecule has 0 fully saturated rings. The number of nitriles is 1. The predicted octanol–water partition coefficient (Wildman–Crippen LogP) is 1.60. The zero-order valence-electron chi connectivity index (χ0n) is 11.3. The highest BCUT2D eigenvalue weighted by atomic mass is 16.1. The molecule has 0 aliphatic rings. The third-order valence-electron chi connectivity index (χ3n) is 2.61. The van der Waals surface area contributed by atoms with Gasteiger partial charge in [-0.3, -0.25) is 9.89 Å². The van der Waals surface area contributed by atoms with Crippen LogP contribution in [0.3, 0.4) is 0 Å². The SMILES string of the molecule is CN(C)Cc1cc(NC(=O)c2cccc(C#N)c2)n[nH]1. The van der Waals surface area contributed by atoms with Gasteiger partial charge in [0.05, 0.1) is 17.3 Å². The molecule has 0 aliphatic heterocycles. The minimum absolute atomic E-state index is 0.287. The highest BCUT2D eigenvalue weighted by Crippen LogP contribution is 2.10. The van der Waals surface area contributed by atoms with Crippen LogP contribution in [0.1, 0.15) is 21.6 Å². The van der Waals surface area contributed by atoms with Gasteiger partial charge < -0.3 is 10.2 Å². The number of carbonyl (C=O) groups excluding carboxylic acids is 1. The Labute approximate surface area is 117 Å². The Morgan fingerprint density at radius 1 is 1.45 bits per heavy atom. The number of nitrogens with zero attached hydrogens (tertiary/aromatic N) is 3. The molecule has 0 radical (unpaired) electrons. The number of hydrogen-bond donors (Lipinski definition) is 2. The van der Waals surface area contributed by atoms with Gasteiger partial charge in [0, 0.05) is 18.2 Å². The fourth-order valence-corrected chi connectivity index (χ4v) is 1.77. The zero-order chi connectivity index (χ0) is 14.5. The zero-order valence-corrected chi connectivity index (χ0v) is 11.3. The summed E-state index contributed by atoms with van der Waals surface area (Å²) in [7, 11) is 3.90. The van der Waals surface area contributed by atoms with Gasteiger partial charge in [0.2, 0.25) is 0 Å². The van der Waals surface area contributed by atoms with Gasteiger partial charge in [0.25, 0.3) is 5.91 Å². The maximum absolute atomic E-state index is 12.0. The maximum Gasteiger partial charge on any atom is 0.256 e. The monoisotopic (exact) mass is 269 g/mol. The molecule has 2 rings (SSSR count). The molecule has 2 aromatic rings. The number of nitrogens with one attached hydrogen (secondary N) is 2. The standard InChI is InChI=1S/C14H15N5O/c1-19(2)9-12-7-13(18-17-12)16-14(20)11-5-3-4-10(6-11)8-15/h3-7H,9H2,1-2H3,(H2,16,17,18,20). The molecule has 0 spiro atoms. The van der Waals surface area contributed by atoms with Crippen LogP contribution in [0, 0.1) is 11.3 Å². The van der Waals surface area contributed by atoms with Crippen LogP contribution in [-0.4, -0.2) is 35.1 Å². The van der Waals surface area contributed by atoms with E-state index < -0.39 is 0 Å². The number of aromatic nitrogens is 2. The van der Waals surface area contributed by atoms with Gasteiger partial charge in [-0.05, 0) is 32.3 Å². The third kappa shape index (κ3) is 3.43. The lowest BCUT2D eigenvalue weighted by molar-refractivity contribution is 0.102. The van der Waals surface area contributed by atoms with Crippen molar-refractivity contribution < 1.29 is 4.79 Å². The molecule has 0 saturated carbocycles. The predicted molar refractivity (Wildman–Crippen MR) is 75.1 cm³/mol. The molecule has 0 aliphatic carbocycles. The van der Waals surface area contributed by atoms with Crippen molar-refractivity contribution in [2.24, 2.45) is 0 Å². The molecule has 1 aromatic carbocycles. The summed E-state index contributed by atoms with van der Waals surface area (Å²) >= 11 is 0. The average Bonchev–Trinajstić information content (AvgIpc) is 2.85. The summed E-state index contributed by atoms with van der Waals surface area (Å²) in [5.41, 5.74) is 1.80. The summed E-state index contributed by atoms with van der Waals surface area (Å²) < 4.78 is 0. The first-order valence-electron chi connectivity index (χ1n) is 6.09. The molecule has 6 heteroatoms. The Balaban J connectivity index is 2.07.